The van der Waals surface area contributed by atoms with Crippen LogP contribution in [0.2, 0.25) is 10.0 Å². The lowest BCUT2D eigenvalue weighted by molar-refractivity contribution is -0.116. The molecule has 0 bridgehead atoms. The van der Waals surface area contributed by atoms with Gasteiger partial charge in [-0.15, -0.1) is 0 Å². The Bertz CT molecular complexity index is 831. The van der Waals surface area contributed by atoms with Gasteiger partial charge in [0.15, 0.2) is 9.84 Å². The van der Waals surface area contributed by atoms with Crippen LogP contribution in [0.5, 0.6) is 0 Å². The van der Waals surface area contributed by atoms with Gasteiger partial charge >= 0.3 is 6.03 Å². The zero-order chi connectivity index (χ0) is 18.9. The van der Waals surface area contributed by atoms with Gasteiger partial charge in [0.1, 0.15) is 0 Å². The van der Waals surface area contributed by atoms with Crippen molar-refractivity contribution in [2.45, 2.75) is 43.0 Å². The molecule has 26 heavy (non-hydrogen) atoms. The zero-order valence-corrected chi connectivity index (χ0v) is 16.1. The molecular formula is C16H19Cl2N3O4S. The topological polar surface area (TPSA) is 104 Å². The van der Waals surface area contributed by atoms with Crippen molar-refractivity contribution in [2.24, 2.45) is 0 Å². The molecule has 2 heterocycles. The molecule has 3 atom stereocenters. The molecule has 0 aliphatic carbocycles. The first-order valence-corrected chi connectivity index (χ1v) is 10.8. The van der Waals surface area contributed by atoms with E-state index in [-0.39, 0.29) is 36.2 Å². The third-order valence-corrected chi connectivity index (χ3v) is 7.68. The summed E-state index contributed by atoms with van der Waals surface area (Å²) in [6.45, 7) is 0. The SMILES string of the molecule is O=C(CCCC[C@@H]1[C@@H]2NC(=O)N[C@H]2CS1(=O)=O)Nc1ccc(Cl)c(Cl)c1. The molecule has 2 aliphatic rings. The molecule has 2 saturated heterocycles. The van der Waals surface area contributed by atoms with Crippen molar-refractivity contribution in [3.8, 4) is 0 Å². The number of carbonyl (C=O) groups is 2. The van der Waals surface area contributed by atoms with Crippen molar-refractivity contribution in [3.05, 3.63) is 28.2 Å². The lowest BCUT2D eigenvalue weighted by Gasteiger charge is -2.16. The summed E-state index contributed by atoms with van der Waals surface area (Å²) in [5, 5.41) is 8.22. The standard InChI is InChI=1S/C16H19Cl2N3O4S/c17-10-6-5-9(7-11(10)18)19-14(22)4-2-1-3-13-15-12(8-26(13,24)25)20-16(23)21-15/h5-7,12-13,15H,1-4,8H2,(H,19,22)(H2,20,21,23)/t12-,13+,15+/m0/s1. The Morgan fingerprint density at radius 3 is 2.69 bits per heavy atom. The molecule has 142 valence electrons. The fraction of sp³-hybridized carbons (Fsp3) is 0.500. The summed E-state index contributed by atoms with van der Waals surface area (Å²) < 4.78 is 24.4. The van der Waals surface area contributed by atoms with Gasteiger partial charge in [-0.3, -0.25) is 4.79 Å². The van der Waals surface area contributed by atoms with Gasteiger partial charge in [-0.25, -0.2) is 13.2 Å². The molecule has 0 unspecified atom stereocenters. The van der Waals surface area contributed by atoms with Crippen LogP contribution in [0.1, 0.15) is 25.7 Å². The van der Waals surface area contributed by atoms with Crippen LogP contribution in [0.3, 0.4) is 0 Å². The fourth-order valence-corrected chi connectivity index (χ4v) is 6.00. The number of urea groups is 1. The molecule has 3 N–H and O–H groups in total. The fourth-order valence-electron chi connectivity index (χ4n) is 3.43. The van der Waals surface area contributed by atoms with E-state index in [9.17, 15) is 18.0 Å². The van der Waals surface area contributed by atoms with Crippen molar-refractivity contribution >= 4 is 50.7 Å². The third-order valence-electron chi connectivity index (χ3n) is 4.67. The van der Waals surface area contributed by atoms with E-state index in [1.807, 2.05) is 0 Å². The number of sulfone groups is 1. The highest BCUT2D eigenvalue weighted by Crippen LogP contribution is 2.29. The summed E-state index contributed by atoms with van der Waals surface area (Å²) in [6, 6.07) is 3.79. The second-order valence-corrected chi connectivity index (χ2v) is 9.62. The summed E-state index contributed by atoms with van der Waals surface area (Å²) in [5.74, 6) is -0.204. The molecule has 0 spiro atoms. The van der Waals surface area contributed by atoms with Gasteiger partial charge in [0, 0.05) is 12.1 Å². The quantitative estimate of drug-likeness (QED) is 0.485. The summed E-state index contributed by atoms with van der Waals surface area (Å²) in [7, 11) is -3.23. The van der Waals surface area contributed by atoms with Crippen LogP contribution in [0.25, 0.3) is 0 Å². The molecule has 1 aromatic carbocycles. The average molecular weight is 420 g/mol. The van der Waals surface area contributed by atoms with Crippen molar-refractivity contribution in [1.82, 2.24) is 10.6 Å². The number of carbonyl (C=O) groups excluding carboxylic acids is 2. The van der Waals surface area contributed by atoms with Crippen LogP contribution < -0.4 is 16.0 Å². The summed E-state index contributed by atoms with van der Waals surface area (Å²) >= 11 is 11.7. The van der Waals surface area contributed by atoms with E-state index in [1.54, 1.807) is 18.2 Å². The first kappa shape index (κ1) is 19.3. The smallest absolute Gasteiger partial charge is 0.315 e. The van der Waals surface area contributed by atoms with Crippen molar-refractivity contribution < 1.29 is 18.0 Å². The van der Waals surface area contributed by atoms with Crippen LogP contribution in [0.4, 0.5) is 10.5 Å². The van der Waals surface area contributed by atoms with Crippen molar-refractivity contribution in [3.63, 3.8) is 0 Å². The monoisotopic (exact) mass is 419 g/mol. The van der Waals surface area contributed by atoms with Gasteiger partial charge in [0.2, 0.25) is 5.91 Å². The largest absolute Gasteiger partial charge is 0.332 e. The number of hydrogen-bond acceptors (Lipinski definition) is 4. The van der Waals surface area contributed by atoms with E-state index in [1.165, 1.54) is 0 Å². The van der Waals surface area contributed by atoms with Gasteiger partial charge < -0.3 is 16.0 Å². The third kappa shape index (κ3) is 4.24. The number of anilines is 1. The molecule has 3 rings (SSSR count). The normalized spacial score (nSPS) is 26.1. The highest BCUT2D eigenvalue weighted by atomic mass is 35.5. The van der Waals surface area contributed by atoms with E-state index in [2.05, 4.69) is 16.0 Å². The first-order chi connectivity index (χ1) is 12.3. The van der Waals surface area contributed by atoms with E-state index in [4.69, 9.17) is 23.2 Å². The molecule has 7 nitrogen and oxygen atoms in total. The number of benzene rings is 1. The first-order valence-electron chi connectivity index (χ1n) is 8.30. The van der Waals surface area contributed by atoms with Crippen molar-refractivity contribution in [1.29, 1.82) is 0 Å². The highest BCUT2D eigenvalue weighted by molar-refractivity contribution is 7.92. The zero-order valence-electron chi connectivity index (χ0n) is 13.8. The number of nitrogens with one attached hydrogen (secondary N) is 3. The highest BCUT2D eigenvalue weighted by Gasteiger charge is 2.51. The van der Waals surface area contributed by atoms with Gasteiger partial charge in [-0.05, 0) is 31.0 Å². The van der Waals surface area contributed by atoms with Crippen LogP contribution >= 0.6 is 23.2 Å². The molecule has 2 fully saturated rings. The molecule has 10 heteroatoms. The Morgan fingerprint density at radius 1 is 1.19 bits per heavy atom. The Morgan fingerprint density at radius 2 is 1.96 bits per heavy atom. The summed E-state index contributed by atoms with van der Waals surface area (Å²) in [4.78, 5) is 23.3. The van der Waals surface area contributed by atoms with Crippen LogP contribution in [-0.4, -0.2) is 43.4 Å². The van der Waals surface area contributed by atoms with E-state index in [0.29, 0.717) is 35.0 Å². The molecule has 0 aromatic heterocycles. The number of unbranched alkanes of at least 4 members (excludes halogenated alkanes) is 1. The number of amides is 3. The number of rotatable bonds is 6. The number of fused-ring (bicyclic) bond motifs is 1. The number of hydrogen-bond donors (Lipinski definition) is 3. The minimum absolute atomic E-state index is 0.0289. The predicted molar refractivity (Wildman–Crippen MR) is 100 cm³/mol. The Kier molecular flexibility index (Phi) is 5.64. The lowest BCUT2D eigenvalue weighted by Crippen LogP contribution is -2.39. The summed E-state index contributed by atoms with van der Waals surface area (Å²) in [5.41, 5.74) is 0.561. The van der Waals surface area contributed by atoms with Crippen LogP contribution in [0, 0.1) is 0 Å². The molecule has 3 amide bonds. The maximum Gasteiger partial charge on any atom is 0.315 e. The molecule has 2 aliphatic heterocycles. The number of halogens is 2. The molecule has 0 saturated carbocycles. The average Bonchev–Trinajstić information content (AvgIpc) is 2.99. The Labute approximate surface area is 161 Å². The maximum absolute atomic E-state index is 12.2. The van der Waals surface area contributed by atoms with E-state index >= 15 is 0 Å². The minimum atomic E-state index is -3.23. The van der Waals surface area contributed by atoms with E-state index in [0.717, 1.165) is 0 Å². The van der Waals surface area contributed by atoms with Gasteiger partial charge in [0.05, 0.1) is 33.1 Å². The molecular weight excluding hydrogens is 401 g/mol. The van der Waals surface area contributed by atoms with Gasteiger partial charge in [0.25, 0.3) is 0 Å². The van der Waals surface area contributed by atoms with Crippen LogP contribution in [-0.2, 0) is 14.6 Å². The Hall–Kier alpha value is -1.51. The van der Waals surface area contributed by atoms with Gasteiger partial charge in [-0.1, -0.05) is 29.6 Å². The van der Waals surface area contributed by atoms with Crippen LogP contribution in [0.15, 0.2) is 18.2 Å². The molecule has 0 radical (unpaired) electrons. The lowest BCUT2D eigenvalue weighted by atomic mass is 10.0. The maximum atomic E-state index is 12.2. The second-order valence-electron chi connectivity index (χ2n) is 6.54. The second kappa shape index (κ2) is 7.62. The van der Waals surface area contributed by atoms with E-state index < -0.39 is 15.1 Å². The van der Waals surface area contributed by atoms with Gasteiger partial charge in [-0.2, -0.15) is 0 Å². The summed E-state index contributed by atoms with van der Waals surface area (Å²) in [6.07, 6.45) is 1.83. The Balaban J connectivity index is 1.45. The van der Waals surface area contributed by atoms with Crippen molar-refractivity contribution in [2.75, 3.05) is 11.1 Å². The molecule has 1 aromatic rings. The predicted octanol–water partition coefficient (Wildman–Crippen LogP) is 2.34. The minimum Gasteiger partial charge on any atom is -0.332 e.